The quantitative estimate of drug-likeness (QED) is 0.800. The SMILES string of the molecule is Cc1ccc(OCCC(=O)Nc2ccccc2[C@@H](O)C(F)(F)F)cc1C. The Morgan fingerprint density at radius 2 is 1.85 bits per heavy atom. The van der Waals surface area contributed by atoms with Crippen molar-refractivity contribution in [2.45, 2.75) is 32.5 Å². The summed E-state index contributed by atoms with van der Waals surface area (Å²) in [5, 5.41) is 11.8. The Hall–Kier alpha value is -2.54. The zero-order valence-electron chi connectivity index (χ0n) is 14.4. The first-order chi connectivity index (χ1) is 12.2. The van der Waals surface area contributed by atoms with Crippen molar-refractivity contribution >= 4 is 11.6 Å². The molecular weight excluding hydrogens is 347 g/mol. The number of hydrogen-bond acceptors (Lipinski definition) is 3. The molecule has 2 aromatic rings. The molecule has 0 bridgehead atoms. The van der Waals surface area contributed by atoms with Crippen molar-refractivity contribution in [2.24, 2.45) is 0 Å². The van der Waals surface area contributed by atoms with E-state index in [1.165, 1.54) is 18.2 Å². The van der Waals surface area contributed by atoms with E-state index in [1.54, 1.807) is 6.07 Å². The van der Waals surface area contributed by atoms with Gasteiger partial charge in [-0.2, -0.15) is 13.2 Å². The Balaban J connectivity index is 1.95. The van der Waals surface area contributed by atoms with Gasteiger partial charge >= 0.3 is 6.18 Å². The van der Waals surface area contributed by atoms with Crippen molar-refractivity contribution < 1.29 is 27.8 Å². The van der Waals surface area contributed by atoms with Crippen LogP contribution in [0.4, 0.5) is 18.9 Å². The van der Waals surface area contributed by atoms with E-state index in [0.29, 0.717) is 5.75 Å². The van der Waals surface area contributed by atoms with E-state index < -0.39 is 23.8 Å². The van der Waals surface area contributed by atoms with Crippen LogP contribution < -0.4 is 10.1 Å². The number of amides is 1. The Morgan fingerprint density at radius 3 is 2.50 bits per heavy atom. The molecule has 0 saturated carbocycles. The molecule has 140 valence electrons. The van der Waals surface area contributed by atoms with Crippen LogP contribution in [0.25, 0.3) is 0 Å². The lowest BCUT2D eigenvalue weighted by Crippen LogP contribution is -2.23. The van der Waals surface area contributed by atoms with Gasteiger partial charge < -0.3 is 15.2 Å². The van der Waals surface area contributed by atoms with Crippen LogP contribution >= 0.6 is 0 Å². The number of aliphatic hydroxyl groups is 1. The van der Waals surface area contributed by atoms with Crippen LogP contribution in [0.15, 0.2) is 42.5 Å². The highest BCUT2D eigenvalue weighted by atomic mass is 19.4. The Labute approximate surface area is 149 Å². The molecule has 1 amide bonds. The molecule has 0 aliphatic rings. The predicted octanol–water partition coefficient (Wildman–Crippen LogP) is 4.31. The fourth-order valence-electron chi connectivity index (χ4n) is 2.30. The highest BCUT2D eigenvalue weighted by Crippen LogP contribution is 2.35. The number of aryl methyl sites for hydroxylation is 2. The van der Waals surface area contributed by atoms with E-state index in [-0.39, 0.29) is 18.7 Å². The third kappa shape index (κ3) is 5.23. The number of hydrogen-bond donors (Lipinski definition) is 2. The number of aliphatic hydroxyl groups excluding tert-OH is 1. The van der Waals surface area contributed by atoms with Crippen LogP contribution in [-0.2, 0) is 4.79 Å². The zero-order chi connectivity index (χ0) is 19.3. The molecule has 0 fully saturated rings. The lowest BCUT2D eigenvalue weighted by atomic mass is 10.1. The van der Waals surface area contributed by atoms with E-state index >= 15 is 0 Å². The van der Waals surface area contributed by atoms with Crippen molar-refractivity contribution in [3.8, 4) is 5.75 Å². The van der Waals surface area contributed by atoms with Gasteiger partial charge in [-0.25, -0.2) is 0 Å². The molecule has 1 atom stereocenters. The number of para-hydroxylation sites is 1. The Bertz CT molecular complexity index is 775. The van der Waals surface area contributed by atoms with E-state index in [1.807, 2.05) is 26.0 Å². The number of rotatable bonds is 6. The van der Waals surface area contributed by atoms with Crippen molar-refractivity contribution in [3.05, 3.63) is 59.2 Å². The average molecular weight is 367 g/mol. The fraction of sp³-hybridized carbons (Fsp3) is 0.316. The maximum atomic E-state index is 12.7. The second kappa shape index (κ2) is 8.23. The first kappa shape index (κ1) is 19.8. The van der Waals surface area contributed by atoms with E-state index in [2.05, 4.69) is 5.32 Å². The summed E-state index contributed by atoms with van der Waals surface area (Å²) in [6, 6.07) is 10.8. The summed E-state index contributed by atoms with van der Waals surface area (Å²) in [6.07, 6.45) is -7.51. The summed E-state index contributed by atoms with van der Waals surface area (Å²) in [5.74, 6) is 0.115. The van der Waals surface area contributed by atoms with Gasteiger partial charge in [-0.3, -0.25) is 4.79 Å². The molecule has 0 aliphatic heterocycles. The summed E-state index contributed by atoms with van der Waals surface area (Å²) < 4.78 is 43.7. The Kier molecular flexibility index (Phi) is 6.26. The van der Waals surface area contributed by atoms with Gasteiger partial charge in [-0.1, -0.05) is 24.3 Å². The normalized spacial score (nSPS) is 12.5. The van der Waals surface area contributed by atoms with E-state index in [4.69, 9.17) is 4.74 Å². The molecule has 0 unspecified atom stereocenters. The highest BCUT2D eigenvalue weighted by Gasteiger charge is 2.40. The third-order valence-corrected chi connectivity index (χ3v) is 3.92. The van der Waals surface area contributed by atoms with Crippen LogP contribution in [-0.4, -0.2) is 23.8 Å². The monoisotopic (exact) mass is 367 g/mol. The molecule has 2 rings (SSSR count). The predicted molar refractivity (Wildman–Crippen MR) is 92.1 cm³/mol. The minimum atomic E-state index is -4.81. The van der Waals surface area contributed by atoms with E-state index in [9.17, 15) is 23.1 Å². The first-order valence-electron chi connectivity index (χ1n) is 8.02. The van der Waals surface area contributed by atoms with Crippen LogP contribution in [0.3, 0.4) is 0 Å². The number of ether oxygens (including phenoxy) is 1. The minimum absolute atomic E-state index is 0.0383. The first-order valence-corrected chi connectivity index (χ1v) is 8.02. The van der Waals surface area contributed by atoms with Crippen molar-refractivity contribution in [1.82, 2.24) is 0 Å². The number of carbonyl (C=O) groups is 1. The van der Waals surface area contributed by atoms with Crippen LogP contribution in [0.5, 0.6) is 5.75 Å². The zero-order valence-corrected chi connectivity index (χ0v) is 14.4. The van der Waals surface area contributed by atoms with Crippen molar-refractivity contribution in [3.63, 3.8) is 0 Å². The second-order valence-electron chi connectivity index (χ2n) is 5.92. The minimum Gasteiger partial charge on any atom is -0.493 e. The van der Waals surface area contributed by atoms with Crippen molar-refractivity contribution in [2.75, 3.05) is 11.9 Å². The van der Waals surface area contributed by atoms with Crippen LogP contribution in [0.2, 0.25) is 0 Å². The van der Waals surface area contributed by atoms with E-state index in [0.717, 1.165) is 17.2 Å². The van der Waals surface area contributed by atoms with Gasteiger partial charge in [0.05, 0.1) is 13.0 Å². The molecule has 0 radical (unpaired) electrons. The van der Waals surface area contributed by atoms with Crippen molar-refractivity contribution in [1.29, 1.82) is 0 Å². The number of halogens is 3. The maximum absolute atomic E-state index is 12.7. The maximum Gasteiger partial charge on any atom is 0.418 e. The topological polar surface area (TPSA) is 58.6 Å². The summed E-state index contributed by atoms with van der Waals surface area (Å²) in [7, 11) is 0. The van der Waals surface area contributed by atoms with Gasteiger partial charge in [0.25, 0.3) is 0 Å². The number of anilines is 1. The standard InChI is InChI=1S/C19H20F3NO3/c1-12-7-8-14(11-13(12)2)26-10-9-17(24)23-16-6-4-3-5-15(16)18(25)19(20,21)22/h3-8,11,18,25H,9-10H2,1-2H3,(H,23,24)/t18-/m1/s1. The molecule has 2 N–H and O–H groups in total. The average Bonchev–Trinajstić information content (AvgIpc) is 2.57. The molecule has 4 nitrogen and oxygen atoms in total. The fourth-order valence-corrected chi connectivity index (χ4v) is 2.30. The largest absolute Gasteiger partial charge is 0.493 e. The summed E-state index contributed by atoms with van der Waals surface area (Å²) in [6.45, 7) is 4.00. The molecule has 26 heavy (non-hydrogen) atoms. The Morgan fingerprint density at radius 1 is 1.15 bits per heavy atom. The molecule has 7 heteroatoms. The molecule has 0 saturated heterocycles. The lowest BCUT2D eigenvalue weighted by Gasteiger charge is -2.18. The molecule has 0 heterocycles. The van der Waals surface area contributed by atoms with Crippen LogP contribution in [0, 0.1) is 13.8 Å². The molecule has 0 aromatic heterocycles. The van der Waals surface area contributed by atoms with Gasteiger partial charge in [-0.15, -0.1) is 0 Å². The van der Waals surface area contributed by atoms with Gasteiger partial charge in [0.15, 0.2) is 6.10 Å². The van der Waals surface area contributed by atoms with Gasteiger partial charge in [0.1, 0.15) is 5.75 Å². The molecule has 0 aliphatic carbocycles. The molecule has 0 spiro atoms. The third-order valence-electron chi connectivity index (χ3n) is 3.92. The number of nitrogens with one attached hydrogen (secondary N) is 1. The summed E-state index contributed by atoms with van der Waals surface area (Å²) in [4.78, 5) is 12.0. The smallest absolute Gasteiger partial charge is 0.418 e. The second-order valence-corrected chi connectivity index (χ2v) is 5.92. The lowest BCUT2D eigenvalue weighted by molar-refractivity contribution is -0.206. The number of alkyl halides is 3. The van der Waals surface area contributed by atoms with Gasteiger partial charge in [0.2, 0.25) is 5.91 Å². The summed E-state index contributed by atoms with van der Waals surface area (Å²) in [5.41, 5.74) is 1.70. The molecular formula is C19H20F3NO3. The summed E-state index contributed by atoms with van der Waals surface area (Å²) >= 11 is 0. The van der Waals surface area contributed by atoms with Crippen LogP contribution in [0.1, 0.15) is 29.2 Å². The van der Waals surface area contributed by atoms with Gasteiger partial charge in [-0.05, 0) is 43.2 Å². The molecule has 2 aromatic carbocycles. The number of carbonyl (C=O) groups excluding carboxylic acids is 1. The number of benzene rings is 2. The van der Waals surface area contributed by atoms with Gasteiger partial charge in [0, 0.05) is 11.3 Å². The highest BCUT2D eigenvalue weighted by molar-refractivity contribution is 5.91.